The first-order valence-corrected chi connectivity index (χ1v) is 10.2. The molecule has 3 heterocycles. The van der Waals surface area contributed by atoms with Gasteiger partial charge in [-0.25, -0.2) is 13.2 Å². The minimum atomic E-state index is -3.90. The van der Waals surface area contributed by atoms with E-state index in [9.17, 15) is 13.2 Å². The lowest BCUT2D eigenvalue weighted by atomic mass is 10.1. The van der Waals surface area contributed by atoms with Crippen molar-refractivity contribution < 1.29 is 22.7 Å². The zero-order valence-corrected chi connectivity index (χ0v) is 15.3. The molecule has 2 aromatic heterocycles. The minimum Gasteiger partial charge on any atom is -0.465 e. The van der Waals surface area contributed by atoms with Gasteiger partial charge >= 0.3 is 5.97 Å². The first-order chi connectivity index (χ1) is 12.0. The zero-order valence-electron chi connectivity index (χ0n) is 13.7. The van der Waals surface area contributed by atoms with Crippen molar-refractivity contribution in [2.24, 2.45) is 0 Å². The summed E-state index contributed by atoms with van der Waals surface area (Å²) in [5.74, 6) is -0.680. The number of anilines is 1. The van der Waals surface area contributed by atoms with Gasteiger partial charge in [-0.2, -0.15) is 5.10 Å². The smallest absolute Gasteiger partial charge is 0.349 e. The Kier molecular flexibility index (Phi) is 5.40. The third kappa shape index (κ3) is 4.20. The molecular formula is C15H19N3O5S2. The summed E-state index contributed by atoms with van der Waals surface area (Å²) in [5.41, 5.74) is 0.331. The quantitative estimate of drug-likeness (QED) is 0.765. The van der Waals surface area contributed by atoms with Gasteiger partial charge in [0.05, 0.1) is 31.6 Å². The van der Waals surface area contributed by atoms with Gasteiger partial charge < -0.3 is 9.47 Å². The molecule has 8 nitrogen and oxygen atoms in total. The summed E-state index contributed by atoms with van der Waals surface area (Å²) in [7, 11) is -2.69. The molecule has 1 aliphatic heterocycles. The van der Waals surface area contributed by atoms with Crippen LogP contribution in [0.5, 0.6) is 0 Å². The molecule has 136 valence electrons. The first kappa shape index (κ1) is 17.9. The molecule has 0 spiro atoms. The highest BCUT2D eigenvalue weighted by Crippen LogP contribution is 2.25. The Hall–Kier alpha value is -1.91. The number of rotatable bonds is 6. The molecule has 1 fully saturated rings. The number of thiophene rings is 1. The number of carbonyl (C=O) groups is 1. The second-order valence-electron chi connectivity index (χ2n) is 5.65. The van der Waals surface area contributed by atoms with Crippen molar-refractivity contribution in [3.63, 3.8) is 0 Å². The standard InChI is InChI=1S/C15H19N3O5S2/c1-22-15(19)14-13(5-7-24-14)25(20,21)17-11-8-16-18(9-11)10-12-4-2-3-6-23-12/h5,7-9,12,17H,2-4,6,10H2,1H3. The van der Waals surface area contributed by atoms with E-state index in [0.717, 1.165) is 37.2 Å². The van der Waals surface area contributed by atoms with Crippen molar-refractivity contribution in [3.05, 3.63) is 28.7 Å². The number of hydrogen-bond donors (Lipinski definition) is 1. The Morgan fingerprint density at radius 1 is 1.52 bits per heavy atom. The largest absolute Gasteiger partial charge is 0.465 e. The number of esters is 1. The predicted molar refractivity (Wildman–Crippen MR) is 92.3 cm³/mol. The Bertz CT molecular complexity index is 837. The molecule has 1 N–H and O–H groups in total. The summed E-state index contributed by atoms with van der Waals surface area (Å²) in [4.78, 5) is 11.6. The maximum atomic E-state index is 12.5. The second-order valence-corrected chi connectivity index (χ2v) is 8.22. The normalized spacial score (nSPS) is 18.0. The van der Waals surface area contributed by atoms with Crippen LogP contribution in [0.15, 0.2) is 28.7 Å². The fourth-order valence-corrected chi connectivity index (χ4v) is 5.00. The van der Waals surface area contributed by atoms with Crippen LogP contribution in [-0.2, 0) is 26.0 Å². The van der Waals surface area contributed by atoms with E-state index in [1.807, 2.05) is 0 Å². The number of nitrogens with zero attached hydrogens (tertiary/aromatic N) is 2. The Labute approximate surface area is 149 Å². The maximum Gasteiger partial charge on any atom is 0.349 e. The van der Waals surface area contributed by atoms with E-state index in [1.54, 1.807) is 10.9 Å². The molecule has 10 heteroatoms. The summed E-state index contributed by atoms with van der Waals surface area (Å²) in [6, 6.07) is 1.37. The summed E-state index contributed by atoms with van der Waals surface area (Å²) in [6.45, 7) is 1.33. The van der Waals surface area contributed by atoms with Gasteiger partial charge in [0.25, 0.3) is 10.0 Å². The molecular weight excluding hydrogens is 366 g/mol. The molecule has 2 aromatic rings. The minimum absolute atomic E-state index is 0.0398. The predicted octanol–water partition coefficient (Wildman–Crippen LogP) is 2.10. The van der Waals surface area contributed by atoms with Crippen molar-refractivity contribution in [1.29, 1.82) is 0 Å². The number of methoxy groups -OCH3 is 1. The van der Waals surface area contributed by atoms with E-state index in [1.165, 1.54) is 24.8 Å². The second kappa shape index (κ2) is 7.54. The average Bonchev–Trinajstić information content (AvgIpc) is 3.24. The fourth-order valence-electron chi connectivity index (χ4n) is 2.64. The highest BCUT2D eigenvalue weighted by Gasteiger charge is 2.25. The summed E-state index contributed by atoms with van der Waals surface area (Å²) in [5, 5.41) is 5.70. The Morgan fingerprint density at radius 2 is 2.36 bits per heavy atom. The van der Waals surface area contributed by atoms with E-state index in [4.69, 9.17) is 4.74 Å². The van der Waals surface area contributed by atoms with E-state index in [-0.39, 0.29) is 15.9 Å². The van der Waals surface area contributed by atoms with Gasteiger partial charge in [0.2, 0.25) is 0 Å². The van der Waals surface area contributed by atoms with Crippen LogP contribution in [0.25, 0.3) is 0 Å². The van der Waals surface area contributed by atoms with Gasteiger partial charge in [0.1, 0.15) is 9.77 Å². The molecule has 1 aliphatic rings. The number of hydrogen-bond acceptors (Lipinski definition) is 7. The number of sulfonamides is 1. The molecule has 25 heavy (non-hydrogen) atoms. The summed E-state index contributed by atoms with van der Waals surface area (Å²) < 4.78 is 39.4. The van der Waals surface area contributed by atoms with Crippen LogP contribution < -0.4 is 4.72 Å². The molecule has 1 atom stereocenters. The highest BCUT2D eigenvalue weighted by atomic mass is 32.2. The summed E-state index contributed by atoms with van der Waals surface area (Å²) >= 11 is 1.02. The molecule has 0 radical (unpaired) electrons. The lowest BCUT2D eigenvalue weighted by Gasteiger charge is -2.22. The highest BCUT2D eigenvalue weighted by molar-refractivity contribution is 7.93. The van der Waals surface area contributed by atoms with Crippen LogP contribution in [0.4, 0.5) is 5.69 Å². The SMILES string of the molecule is COC(=O)c1sccc1S(=O)(=O)Nc1cnn(CC2CCCCO2)c1. The molecule has 0 amide bonds. The van der Waals surface area contributed by atoms with Crippen LogP contribution in [0, 0.1) is 0 Å². The molecule has 0 bridgehead atoms. The van der Waals surface area contributed by atoms with E-state index >= 15 is 0 Å². The van der Waals surface area contributed by atoms with Crippen molar-refractivity contribution in [2.75, 3.05) is 18.4 Å². The Balaban J connectivity index is 1.71. The van der Waals surface area contributed by atoms with Gasteiger partial charge in [-0.15, -0.1) is 11.3 Å². The monoisotopic (exact) mass is 385 g/mol. The van der Waals surface area contributed by atoms with E-state index in [0.29, 0.717) is 12.2 Å². The number of carbonyl (C=O) groups excluding carboxylic acids is 1. The van der Waals surface area contributed by atoms with Crippen LogP contribution in [-0.4, -0.2) is 44.0 Å². The van der Waals surface area contributed by atoms with Crippen molar-refractivity contribution in [1.82, 2.24) is 9.78 Å². The number of aromatic nitrogens is 2. The molecule has 3 rings (SSSR count). The third-order valence-corrected chi connectivity index (χ3v) is 6.29. The van der Waals surface area contributed by atoms with E-state index in [2.05, 4.69) is 14.6 Å². The third-order valence-electron chi connectivity index (χ3n) is 3.84. The van der Waals surface area contributed by atoms with Crippen molar-refractivity contribution >= 4 is 33.0 Å². The van der Waals surface area contributed by atoms with Gasteiger partial charge in [-0.05, 0) is 30.7 Å². The Morgan fingerprint density at radius 3 is 3.08 bits per heavy atom. The van der Waals surface area contributed by atoms with Gasteiger partial charge in [0.15, 0.2) is 0 Å². The van der Waals surface area contributed by atoms with Crippen LogP contribution >= 0.6 is 11.3 Å². The first-order valence-electron chi connectivity index (χ1n) is 7.82. The number of ether oxygens (including phenoxy) is 2. The average molecular weight is 385 g/mol. The maximum absolute atomic E-state index is 12.5. The van der Waals surface area contributed by atoms with Crippen LogP contribution in [0.3, 0.4) is 0 Å². The summed E-state index contributed by atoms with van der Waals surface area (Å²) in [6.07, 6.45) is 6.31. The van der Waals surface area contributed by atoms with Crippen LogP contribution in [0.1, 0.15) is 28.9 Å². The molecule has 1 unspecified atom stereocenters. The fraction of sp³-hybridized carbons (Fsp3) is 0.467. The lowest BCUT2D eigenvalue weighted by Crippen LogP contribution is -2.24. The van der Waals surface area contributed by atoms with E-state index < -0.39 is 16.0 Å². The van der Waals surface area contributed by atoms with Gasteiger partial charge in [-0.3, -0.25) is 9.40 Å². The topological polar surface area (TPSA) is 99.5 Å². The van der Waals surface area contributed by atoms with Gasteiger partial charge in [-0.1, -0.05) is 0 Å². The molecule has 0 aliphatic carbocycles. The molecule has 0 saturated carbocycles. The van der Waals surface area contributed by atoms with Gasteiger partial charge in [0, 0.05) is 12.8 Å². The molecule has 0 aromatic carbocycles. The van der Waals surface area contributed by atoms with Crippen LogP contribution in [0.2, 0.25) is 0 Å². The molecule has 1 saturated heterocycles. The number of nitrogens with one attached hydrogen (secondary N) is 1. The van der Waals surface area contributed by atoms with Crippen molar-refractivity contribution in [3.8, 4) is 0 Å². The van der Waals surface area contributed by atoms with Crippen molar-refractivity contribution in [2.45, 2.75) is 36.8 Å². The zero-order chi connectivity index (χ0) is 17.9. The lowest BCUT2D eigenvalue weighted by molar-refractivity contribution is 0.00400.